The van der Waals surface area contributed by atoms with E-state index < -0.39 is 0 Å². The lowest BCUT2D eigenvalue weighted by atomic mass is 9.81. The molecule has 1 aliphatic carbocycles. The third-order valence-corrected chi connectivity index (χ3v) is 6.08. The molecule has 2 N–H and O–H groups in total. The molecule has 7 heteroatoms. The zero-order valence-corrected chi connectivity index (χ0v) is 16.5. The number of H-pyrrole nitrogens is 1. The van der Waals surface area contributed by atoms with Crippen LogP contribution in [0.25, 0.3) is 0 Å². The second kappa shape index (κ2) is 7.83. The van der Waals surface area contributed by atoms with Gasteiger partial charge in [-0.2, -0.15) is 5.21 Å². The number of aryl methyl sites for hydroxylation is 1. The lowest BCUT2D eigenvalue weighted by Gasteiger charge is -2.23. The van der Waals surface area contributed by atoms with Gasteiger partial charge in [0.2, 0.25) is 6.79 Å². The van der Waals surface area contributed by atoms with Crippen molar-refractivity contribution in [1.29, 1.82) is 0 Å². The Balaban J connectivity index is 1.52. The Kier molecular flexibility index (Phi) is 4.89. The minimum Gasteiger partial charge on any atom is -0.462 e. The summed E-state index contributed by atoms with van der Waals surface area (Å²) in [6.07, 6.45) is 9.17. The lowest BCUT2D eigenvalue weighted by molar-refractivity contribution is 0.0248. The molecule has 0 saturated carbocycles. The van der Waals surface area contributed by atoms with Gasteiger partial charge in [0, 0.05) is 31.3 Å². The highest BCUT2D eigenvalue weighted by Crippen LogP contribution is 2.44. The maximum atomic E-state index is 5.79. The van der Waals surface area contributed by atoms with Crippen molar-refractivity contribution in [3.8, 4) is 0 Å². The van der Waals surface area contributed by atoms with Crippen LogP contribution in [0.3, 0.4) is 0 Å². The van der Waals surface area contributed by atoms with Crippen LogP contribution in [0.1, 0.15) is 48.7 Å². The number of fused-ring (bicyclic) bond motifs is 3. The summed E-state index contributed by atoms with van der Waals surface area (Å²) in [5.74, 6) is 2.96. The minimum atomic E-state index is 0.0722. The number of nitrogens with one attached hydrogen (secondary N) is 2. The summed E-state index contributed by atoms with van der Waals surface area (Å²) in [5.41, 5.74) is 3.79. The van der Waals surface area contributed by atoms with Gasteiger partial charge in [0.1, 0.15) is 11.5 Å². The highest BCUT2D eigenvalue weighted by molar-refractivity contribution is 5.37. The van der Waals surface area contributed by atoms with E-state index >= 15 is 0 Å². The lowest BCUT2D eigenvalue weighted by Crippen LogP contribution is -2.19. The van der Waals surface area contributed by atoms with Crippen molar-refractivity contribution < 1.29 is 9.47 Å². The van der Waals surface area contributed by atoms with E-state index in [2.05, 4.69) is 75.4 Å². The molecule has 3 atom stereocenters. The van der Waals surface area contributed by atoms with E-state index in [1.54, 1.807) is 0 Å². The van der Waals surface area contributed by atoms with Crippen LogP contribution in [0.2, 0.25) is 0 Å². The topological polar surface area (TPSA) is 85.0 Å². The molecule has 2 bridgehead atoms. The third kappa shape index (κ3) is 3.58. The number of allylic oxidation sites excluding steroid dienone is 5. The van der Waals surface area contributed by atoms with Crippen LogP contribution in [0.5, 0.6) is 0 Å². The molecule has 2 fully saturated rings. The molecular formula is C22H25N5O2. The molecule has 7 nitrogen and oxygen atoms in total. The largest absolute Gasteiger partial charge is 0.462 e. The summed E-state index contributed by atoms with van der Waals surface area (Å²) < 4.78 is 11.5. The monoisotopic (exact) mass is 391 g/mol. The molecule has 3 heterocycles. The Morgan fingerprint density at radius 1 is 1.07 bits per heavy atom. The molecule has 150 valence electrons. The van der Waals surface area contributed by atoms with E-state index in [0.717, 1.165) is 43.1 Å². The summed E-state index contributed by atoms with van der Waals surface area (Å²) >= 11 is 0. The van der Waals surface area contributed by atoms with Crippen molar-refractivity contribution >= 4 is 0 Å². The van der Waals surface area contributed by atoms with Crippen LogP contribution in [0, 0.1) is 5.92 Å². The van der Waals surface area contributed by atoms with Crippen LogP contribution in [0.4, 0.5) is 0 Å². The standard InChI is InChI=1S/C22H25N5O2/c1-2-14-3-5-15(6-4-14)21-20(22-24-26-27-25-22)19(12-23-21)16-7-8-17-9-10-18(11-16)29-13-28-17/h3-8,11,19-21,23H,2,9-10,12-13H2,1H3,(H,24,25,26,27)/b16-7+,17-8+,18-11+/t19?,20-,21?/m1/s1. The van der Waals surface area contributed by atoms with E-state index in [0.29, 0.717) is 0 Å². The Morgan fingerprint density at radius 3 is 2.69 bits per heavy atom. The van der Waals surface area contributed by atoms with Crippen molar-refractivity contribution in [2.24, 2.45) is 5.92 Å². The van der Waals surface area contributed by atoms with Gasteiger partial charge < -0.3 is 14.8 Å². The van der Waals surface area contributed by atoms with E-state index in [1.807, 2.05) is 0 Å². The molecule has 3 aliphatic rings. The molecule has 0 amide bonds. The number of hydrogen-bond donors (Lipinski definition) is 2. The Hall–Kier alpha value is -2.93. The summed E-state index contributed by atoms with van der Waals surface area (Å²) in [6.45, 7) is 3.29. The third-order valence-electron chi connectivity index (χ3n) is 6.08. The maximum Gasteiger partial charge on any atom is 0.229 e. The fraction of sp³-hybridized carbons (Fsp3) is 0.409. The first-order chi connectivity index (χ1) is 14.3. The quantitative estimate of drug-likeness (QED) is 0.832. The molecule has 2 saturated heterocycles. The first-order valence-corrected chi connectivity index (χ1v) is 10.2. The summed E-state index contributed by atoms with van der Waals surface area (Å²) in [6, 6.07) is 8.95. The number of hydrogen-bond acceptors (Lipinski definition) is 6. The molecule has 1 aromatic carbocycles. The van der Waals surface area contributed by atoms with Crippen molar-refractivity contribution in [2.45, 2.75) is 38.1 Å². The van der Waals surface area contributed by atoms with E-state index in [-0.39, 0.29) is 24.7 Å². The Bertz CT molecular complexity index is 946. The summed E-state index contributed by atoms with van der Waals surface area (Å²) in [5, 5.41) is 18.9. The van der Waals surface area contributed by atoms with Gasteiger partial charge >= 0.3 is 0 Å². The number of nitrogens with zero attached hydrogens (tertiary/aromatic N) is 3. The highest BCUT2D eigenvalue weighted by Gasteiger charge is 2.42. The molecule has 2 aromatic rings. The smallest absolute Gasteiger partial charge is 0.229 e. The van der Waals surface area contributed by atoms with Gasteiger partial charge in [-0.15, -0.1) is 10.2 Å². The average molecular weight is 391 g/mol. The number of aromatic nitrogens is 4. The van der Waals surface area contributed by atoms with Crippen LogP contribution in [0.15, 0.2) is 59.6 Å². The molecule has 2 unspecified atom stereocenters. The molecule has 1 aromatic heterocycles. The van der Waals surface area contributed by atoms with Gasteiger partial charge in [-0.3, -0.25) is 0 Å². The number of ether oxygens (including phenoxy) is 2. The van der Waals surface area contributed by atoms with Crippen molar-refractivity contribution in [3.63, 3.8) is 0 Å². The maximum absolute atomic E-state index is 5.79. The van der Waals surface area contributed by atoms with Gasteiger partial charge in [0.25, 0.3) is 0 Å². The SMILES string of the molecule is CCc1ccc(C2NCC(C3=C/C=C4\CC/C(=C\3)OCO4)[C@H]2c2nn[nH]n2)cc1. The second-order valence-corrected chi connectivity index (χ2v) is 7.70. The zero-order chi connectivity index (χ0) is 19.6. The fourth-order valence-corrected chi connectivity index (χ4v) is 4.46. The number of rotatable bonds is 4. The van der Waals surface area contributed by atoms with Gasteiger partial charge in [-0.25, -0.2) is 0 Å². The molecule has 0 spiro atoms. The van der Waals surface area contributed by atoms with Gasteiger partial charge in [-0.1, -0.05) is 42.5 Å². The van der Waals surface area contributed by atoms with Crippen molar-refractivity contribution in [1.82, 2.24) is 25.9 Å². The van der Waals surface area contributed by atoms with Crippen molar-refractivity contribution in [2.75, 3.05) is 13.3 Å². The molecular weight excluding hydrogens is 366 g/mol. The predicted molar refractivity (Wildman–Crippen MR) is 107 cm³/mol. The van der Waals surface area contributed by atoms with E-state index in [1.165, 1.54) is 16.7 Å². The van der Waals surface area contributed by atoms with E-state index in [4.69, 9.17) is 9.47 Å². The average Bonchev–Trinajstić information content (AvgIpc) is 3.37. The van der Waals surface area contributed by atoms with Crippen LogP contribution in [-0.4, -0.2) is 34.0 Å². The van der Waals surface area contributed by atoms with Crippen molar-refractivity contribution in [3.05, 3.63) is 76.5 Å². The summed E-state index contributed by atoms with van der Waals surface area (Å²) in [4.78, 5) is 0. The Morgan fingerprint density at radius 2 is 1.90 bits per heavy atom. The first kappa shape index (κ1) is 18.1. The van der Waals surface area contributed by atoms with E-state index in [9.17, 15) is 0 Å². The number of benzene rings is 1. The van der Waals surface area contributed by atoms with Gasteiger partial charge in [-0.05, 0) is 35.3 Å². The summed E-state index contributed by atoms with van der Waals surface area (Å²) in [7, 11) is 0. The molecule has 0 radical (unpaired) electrons. The first-order valence-electron chi connectivity index (χ1n) is 10.2. The molecule has 2 aliphatic heterocycles. The normalized spacial score (nSPS) is 31.8. The molecule has 29 heavy (non-hydrogen) atoms. The van der Waals surface area contributed by atoms with Crippen LogP contribution >= 0.6 is 0 Å². The van der Waals surface area contributed by atoms with Crippen LogP contribution < -0.4 is 5.32 Å². The number of aromatic amines is 1. The number of tetrazole rings is 1. The van der Waals surface area contributed by atoms with Crippen LogP contribution in [-0.2, 0) is 15.9 Å². The van der Waals surface area contributed by atoms with Gasteiger partial charge in [0.05, 0.1) is 5.92 Å². The molecule has 5 rings (SSSR count). The predicted octanol–water partition coefficient (Wildman–Crippen LogP) is 3.30. The minimum absolute atomic E-state index is 0.0722. The fourth-order valence-electron chi connectivity index (χ4n) is 4.46. The second-order valence-electron chi connectivity index (χ2n) is 7.70. The highest BCUT2D eigenvalue weighted by atomic mass is 16.7. The zero-order valence-electron chi connectivity index (χ0n) is 16.5. The Labute approximate surface area is 169 Å². The van der Waals surface area contributed by atoms with Gasteiger partial charge in [0.15, 0.2) is 5.82 Å².